The first-order valence-corrected chi connectivity index (χ1v) is 8.38. The molecular formula is C16H26N2O2. The van der Waals surface area contributed by atoms with Gasteiger partial charge < -0.3 is 15.0 Å². The number of ether oxygens (including phenoxy) is 1. The van der Waals surface area contributed by atoms with Gasteiger partial charge in [0.1, 0.15) is 0 Å². The zero-order valence-corrected chi connectivity index (χ0v) is 12.3. The standard InChI is InChI=1S/C16H26N2O2/c19-14(18-11-15(12-18)5-1-2-6-15)17-13-4-9-20-16(10-13)7-3-8-16/h13H,1-12H2,(H,17,19). The lowest BCUT2D eigenvalue weighted by Crippen LogP contribution is -2.62. The van der Waals surface area contributed by atoms with Crippen LogP contribution in [0.3, 0.4) is 0 Å². The second-order valence-electron chi connectivity index (χ2n) is 7.59. The second-order valence-corrected chi connectivity index (χ2v) is 7.59. The van der Waals surface area contributed by atoms with Crippen molar-refractivity contribution in [3.63, 3.8) is 0 Å². The van der Waals surface area contributed by atoms with Gasteiger partial charge in [-0.1, -0.05) is 12.8 Å². The van der Waals surface area contributed by atoms with Crippen LogP contribution < -0.4 is 5.32 Å². The molecule has 20 heavy (non-hydrogen) atoms. The highest BCUT2D eigenvalue weighted by atomic mass is 16.5. The first kappa shape index (κ1) is 12.9. The Balaban J connectivity index is 1.28. The van der Waals surface area contributed by atoms with Crippen LogP contribution in [0.15, 0.2) is 0 Å². The fourth-order valence-electron chi connectivity index (χ4n) is 4.68. The van der Waals surface area contributed by atoms with E-state index in [9.17, 15) is 4.79 Å². The number of urea groups is 1. The van der Waals surface area contributed by atoms with Crippen LogP contribution in [0.2, 0.25) is 0 Å². The fourth-order valence-corrected chi connectivity index (χ4v) is 4.68. The lowest BCUT2D eigenvalue weighted by molar-refractivity contribution is -0.134. The van der Waals surface area contributed by atoms with Crippen molar-refractivity contribution in [3.05, 3.63) is 0 Å². The Morgan fingerprint density at radius 2 is 1.85 bits per heavy atom. The third-order valence-corrected chi connectivity index (χ3v) is 6.09. The average Bonchev–Trinajstić information content (AvgIpc) is 2.85. The van der Waals surface area contributed by atoms with Gasteiger partial charge in [-0.25, -0.2) is 4.79 Å². The summed E-state index contributed by atoms with van der Waals surface area (Å²) in [5, 5.41) is 3.26. The van der Waals surface area contributed by atoms with Gasteiger partial charge in [0.15, 0.2) is 0 Å². The molecule has 0 aromatic heterocycles. The van der Waals surface area contributed by atoms with Crippen molar-refractivity contribution >= 4 is 6.03 Å². The number of carbonyl (C=O) groups is 1. The van der Waals surface area contributed by atoms with Crippen LogP contribution in [0.1, 0.15) is 57.8 Å². The first-order valence-electron chi connectivity index (χ1n) is 8.38. The molecule has 1 atom stereocenters. The summed E-state index contributed by atoms with van der Waals surface area (Å²) in [6.45, 7) is 2.80. The van der Waals surface area contributed by atoms with Gasteiger partial charge in [0, 0.05) is 31.2 Å². The van der Waals surface area contributed by atoms with Gasteiger partial charge in [-0.2, -0.15) is 0 Å². The number of hydrogen-bond donors (Lipinski definition) is 1. The third-order valence-electron chi connectivity index (χ3n) is 6.09. The molecule has 2 heterocycles. The highest BCUT2D eigenvalue weighted by Gasteiger charge is 2.47. The van der Waals surface area contributed by atoms with Gasteiger partial charge in [0.25, 0.3) is 0 Å². The van der Waals surface area contributed by atoms with E-state index in [0.29, 0.717) is 11.5 Å². The number of hydrogen-bond acceptors (Lipinski definition) is 2. The normalized spacial score (nSPS) is 33.8. The molecule has 1 unspecified atom stereocenters. The summed E-state index contributed by atoms with van der Waals surface area (Å²) in [5.74, 6) is 0. The van der Waals surface area contributed by atoms with Crippen molar-refractivity contribution in [2.24, 2.45) is 5.41 Å². The molecule has 2 amide bonds. The van der Waals surface area contributed by atoms with Crippen LogP contribution in [0, 0.1) is 5.41 Å². The summed E-state index contributed by atoms with van der Waals surface area (Å²) in [4.78, 5) is 14.3. The van der Waals surface area contributed by atoms with Crippen LogP contribution >= 0.6 is 0 Å². The molecule has 112 valence electrons. The molecule has 2 saturated carbocycles. The largest absolute Gasteiger partial charge is 0.375 e. The molecule has 0 bridgehead atoms. The molecule has 2 aliphatic heterocycles. The van der Waals surface area contributed by atoms with Crippen molar-refractivity contribution in [1.82, 2.24) is 10.2 Å². The Labute approximate surface area is 121 Å². The third kappa shape index (κ3) is 2.12. The summed E-state index contributed by atoms with van der Waals surface area (Å²) in [6.07, 6.45) is 11.0. The zero-order valence-electron chi connectivity index (χ0n) is 12.3. The number of carbonyl (C=O) groups excluding carboxylic acids is 1. The summed E-state index contributed by atoms with van der Waals surface area (Å²) in [6, 6.07) is 0.501. The van der Waals surface area contributed by atoms with Crippen molar-refractivity contribution in [1.29, 1.82) is 0 Å². The summed E-state index contributed by atoms with van der Waals surface area (Å²) < 4.78 is 5.93. The van der Waals surface area contributed by atoms with E-state index < -0.39 is 0 Å². The van der Waals surface area contributed by atoms with Crippen molar-refractivity contribution < 1.29 is 9.53 Å². The average molecular weight is 278 g/mol. The van der Waals surface area contributed by atoms with Crippen molar-refractivity contribution in [2.75, 3.05) is 19.7 Å². The predicted molar refractivity (Wildman–Crippen MR) is 76.6 cm³/mol. The van der Waals surface area contributed by atoms with E-state index in [2.05, 4.69) is 5.32 Å². The Morgan fingerprint density at radius 3 is 2.50 bits per heavy atom. The van der Waals surface area contributed by atoms with Gasteiger partial charge in [-0.05, 0) is 44.9 Å². The maximum atomic E-state index is 12.3. The van der Waals surface area contributed by atoms with Crippen LogP contribution in [0.25, 0.3) is 0 Å². The number of amides is 2. The monoisotopic (exact) mass is 278 g/mol. The fraction of sp³-hybridized carbons (Fsp3) is 0.938. The van der Waals surface area contributed by atoms with Crippen LogP contribution in [-0.4, -0.2) is 42.3 Å². The van der Waals surface area contributed by atoms with E-state index in [1.165, 1.54) is 44.9 Å². The maximum Gasteiger partial charge on any atom is 0.317 e. The SMILES string of the molecule is O=C(NC1CCOC2(CCC2)C1)N1CC2(CCCC2)C1. The van der Waals surface area contributed by atoms with Gasteiger partial charge in [-0.3, -0.25) is 0 Å². The Hall–Kier alpha value is -0.770. The quantitative estimate of drug-likeness (QED) is 0.801. The lowest BCUT2D eigenvalue weighted by atomic mass is 9.74. The van der Waals surface area contributed by atoms with E-state index in [1.807, 2.05) is 4.90 Å². The molecule has 4 fully saturated rings. The highest BCUT2D eigenvalue weighted by molar-refractivity contribution is 5.75. The van der Waals surface area contributed by atoms with Gasteiger partial charge >= 0.3 is 6.03 Å². The second kappa shape index (κ2) is 4.62. The minimum absolute atomic E-state index is 0.123. The topological polar surface area (TPSA) is 41.6 Å². The number of nitrogens with zero attached hydrogens (tertiary/aromatic N) is 1. The van der Waals surface area contributed by atoms with E-state index in [0.717, 1.165) is 32.5 Å². The Morgan fingerprint density at radius 1 is 1.10 bits per heavy atom. The van der Waals surface area contributed by atoms with E-state index in [4.69, 9.17) is 4.74 Å². The lowest BCUT2D eigenvalue weighted by Gasteiger charge is -2.50. The maximum absolute atomic E-state index is 12.3. The molecule has 4 rings (SSSR count). The van der Waals surface area contributed by atoms with Gasteiger partial charge in [0.2, 0.25) is 0 Å². The summed E-state index contributed by atoms with van der Waals surface area (Å²) in [5.41, 5.74) is 0.625. The molecule has 0 radical (unpaired) electrons. The minimum atomic E-state index is 0.123. The molecule has 4 aliphatic rings. The summed E-state index contributed by atoms with van der Waals surface area (Å²) >= 11 is 0. The first-order chi connectivity index (χ1) is 9.69. The van der Waals surface area contributed by atoms with Gasteiger partial charge in [0.05, 0.1) is 5.60 Å². The molecule has 1 N–H and O–H groups in total. The number of nitrogens with one attached hydrogen (secondary N) is 1. The van der Waals surface area contributed by atoms with Crippen molar-refractivity contribution in [2.45, 2.75) is 69.4 Å². The Kier molecular flexibility index (Phi) is 2.99. The van der Waals surface area contributed by atoms with E-state index in [1.54, 1.807) is 0 Å². The van der Waals surface area contributed by atoms with Crippen LogP contribution in [0.4, 0.5) is 4.79 Å². The molecule has 2 aliphatic carbocycles. The zero-order chi connectivity index (χ0) is 13.6. The highest BCUT2D eigenvalue weighted by Crippen LogP contribution is 2.45. The molecule has 0 aromatic rings. The molecule has 2 saturated heterocycles. The number of likely N-dealkylation sites (tertiary alicyclic amines) is 1. The molecule has 0 aromatic carbocycles. The van der Waals surface area contributed by atoms with Gasteiger partial charge in [-0.15, -0.1) is 0 Å². The van der Waals surface area contributed by atoms with E-state index >= 15 is 0 Å². The molecular weight excluding hydrogens is 252 g/mol. The predicted octanol–water partition coefficient (Wildman–Crippen LogP) is 2.67. The molecule has 2 spiro atoms. The van der Waals surface area contributed by atoms with Crippen LogP contribution in [0.5, 0.6) is 0 Å². The van der Waals surface area contributed by atoms with Crippen molar-refractivity contribution in [3.8, 4) is 0 Å². The van der Waals surface area contributed by atoms with E-state index in [-0.39, 0.29) is 11.6 Å². The number of rotatable bonds is 1. The minimum Gasteiger partial charge on any atom is -0.375 e. The Bertz CT molecular complexity index is 391. The smallest absolute Gasteiger partial charge is 0.317 e. The molecule has 4 heteroatoms. The molecule has 4 nitrogen and oxygen atoms in total. The summed E-state index contributed by atoms with van der Waals surface area (Å²) in [7, 11) is 0. The van der Waals surface area contributed by atoms with Crippen LogP contribution in [-0.2, 0) is 4.74 Å².